The van der Waals surface area contributed by atoms with Crippen molar-refractivity contribution in [2.45, 2.75) is 19.4 Å². The molecule has 1 unspecified atom stereocenters. The molecule has 0 saturated heterocycles. The van der Waals surface area contributed by atoms with Crippen molar-refractivity contribution in [3.63, 3.8) is 0 Å². The van der Waals surface area contributed by atoms with Gasteiger partial charge in [-0.15, -0.1) is 10.2 Å². The molecule has 2 heterocycles. The number of pyridine rings is 1. The topological polar surface area (TPSA) is 84.5 Å². The van der Waals surface area contributed by atoms with Gasteiger partial charge >= 0.3 is 0 Å². The van der Waals surface area contributed by atoms with E-state index in [9.17, 15) is 13.6 Å². The largest absolute Gasteiger partial charge is 0.313 e. The maximum absolute atomic E-state index is 14.6. The predicted molar refractivity (Wildman–Crippen MR) is 134 cm³/mol. The predicted octanol–water partition coefficient (Wildman–Crippen LogP) is 5.31. The standard InChI is InChI=1S/C29H21F2N5O/c30-24-11-9-22(25(31)15-24)13-23(29(37)27-12-10-21-3-1-2-4-26(21)34-27)14-28-35-33-18-36(28)17-20-7-5-19(16-32)6-8-20/h1-12,15,18,23H,13-14,17H2. The van der Waals surface area contributed by atoms with Crippen molar-refractivity contribution in [1.82, 2.24) is 19.7 Å². The third-order valence-corrected chi connectivity index (χ3v) is 6.26. The Hall–Kier alpha value is -4.77. The highest BCUT2D eigenvalue weighted by atomic mass is 19.1. The third kappa shape index (κ3) is 5.41. The van der Waals surface area contributed by atoms with E-state index in [0.29, 0.717) is 23.4 Å². The number of rotatable bonds is 8. The van der Waals surface area contributed by atoms with Crippen molar-refractivity contribution < 1.29 is 13.6 Å². The van der Waals surface area contributed by atoms with Crippen molar-refractivity contribution in [2.24, 2.45) is 5.92 Å². The molecule has 0 amide bonds. The highest BCUT2D eigenvalue weighted by Crippen LogP contribution is 2.23. The highest BCUT2D eigenvalue weighted by molar-refractivity contribution is 5.98. The lowest BCUT2D eigenvalue weighted by Crippen LogP contribution is -2.23. The van der Waals surface area contributed by atoms with E-state index in [1.165, 1.54) is 12.1 Å². The lowest BCUT2D eigenvalue weighted by atomic mass is 9.89. The van der Waals surface area contributed by atoms with Crippen LogP contribution in [-0.2, 0) is 19.4 Å². The van der Waals surface area contributed by atoms with Gasteiger partial charge in [0.25, 0.3) is 0 Å². The molecule has 3 aromatic carbocycles. The first-order valence-electron chi connectivity index (χ1n) is 11.7. The molecule has 1 atom stereocenters. The summed E-state index contributed by atoms with van der Waals surface area (Å²) in [6, 6.07) is 23.6. The van der Waals surface area contributed by atoms with Gasteiger partial charge in [0.15, 0.2) is 5.78 Å². The summed E-state index contributed by atoms with van der Waals surface area (Å²) in [4.78, 5) is 18.2. The van der Waals surface area contributed by atoms with E-state index in [-0.39, 0.29) is 29.9 Å². The molecule has 0 aliphatic rings. The second-order valence-electron chi connectivity index (χ2n) is 8.78. The maximum Gasteiger partial charge on any atom is 0.185 e. The monoisotopic (exact) mass is 493 g/mol. The Kier molecular flexibility index (Phi) is 6.77. The second-order valence-corrected chi connectivity index (χ2v) is 8.78. The molecule has 0 saturated carbocycles. The van der Waals surface area contributed by atoms with Crippen LogP contribution in [0.2, 0.25) is 0 Å². The van der Waals surface area contributed by atoms with Crippen LogP contribution >= 0.6 is 0 Å². The molecule has 0 N–H and O–H groups in total. The molecule has 0 aliphatic heterocycles. The number of hydrogen-bond donors (Lipinski definition) is 0. The van der Waals surface area contributed by atoms with Gasteiger partial charge in [0, 0.05) is 23.8 Å². The van der Waals surface area contributed by atoms with Crippen LogP contribution in [0, 0.1) is 28.9 Å². The average molecular weight is 494 g/mol. The minimum atomic E-state index is -0.711. The molecule has 37 heavy (non-hydrogen) atoms. The number of fused-ring (bicyclic) bond motifs is 1. The minimum Gasteiger partial charge on any atom is -0.313 e. The van der Waals surface area contributed by atoms with Gasteiger partial charge in [-0.1, -0.05) is 42.5 Å². The molecule has 6 nitrogen and oxygen atoms in total. The molecule has 0 bridgehead atoms. The summed E-state index contributed by atoms with van der Waals surface area (Å²) in [6.07, 6.45) is 1.80. The summed E-state index contributed by atoms with van der Waals surface area (Å²) in [6.45, 7) is 0.439. The number of Topliss-reactive ketones (excluding diaryl/α,β-unsaturated/α-hetero) is 1. The zero-order valence-electron chi connectivity index (χ0n) is 19.7. The first-order chi connectivity index (χ1) is 18.0. The van der Waals surface area contributed by atoms with Gasteiger partial charge in [-0.05, 0) is 47.9 Å². The third-order valence-electron chi connectivity index (χ3n) is 6.26. The van der Waals surface area contributed by atoms with Crippen LogP contribution < -0.4 is 0 Å². The summed E-state index contributed by atoms with van der Waals surface area (Å²) in [5.41, 5.74) is 2.68. The highest BCUT2D eigenvalue weighted by Gasteiger charge is 2.26. The zero-order valence-corrected chi connectivity index (χ0v) is 19.7. The van der Waals surface area contributed by atoms with E-state index in [0.717, 1.165) is 17.0 Å². The van der Waals surface area contributed by atoms with Gasteiger partial charge in [0.1, 0.15) is 29.5 Å². The fourth-order valence-corrected chi connectivity index (χ4v) is 4.29. The van der Waals surface area contributed by atoms with Gasteiger partial charge in [-0.25, -0.2) is 13.8 Å². The molecule has 0 spiro atoms. The van der Waals surface area contributed by atoms with Gasteiger partial charge in [-0.3, -0.25) is 4.79 Å². The number of benzene rings is 3. The average Bonchev–Trinajstić information content (AvgIpc) is 3.35. The number of halogens is 2. The van der Waals surface area contributed by atoms with E-state index in [1.807, 2.05) is 47.0 Å². The molecule has 2 aromatic heterocycles. The molecule has 0 aliphatic carbocycles. The van der Waals surface area contributed by atoms with Crippen LogP contribution in [0.3, 0.4) is 0 Å². The summed E-state index contributed by atoms with van der Waals surface area (Å²) in [5, 5.41) is 18.2. The lowest BCUT2D eigenvalue weighted by Gasteiger charge is -2.17. The minimum absolute atomic E-state index is 0.0448. The van der Waals surface area contributed by atoms with Crippen LogP contribution in [0.25, 0.3) is 10.9 Å². The molecule has 182 valence electrons. The van der Waals surface area contributed by atoms with Crippen molar-refractivity contribution in [3.05, 3.63) is 125 Å². The molecule has 8 heteroatoms. The Labute approximate surface area is 211 Å². The summed E-state index contributed by atoms with van der Waals surface area (Å²) in [5.74, 6) is -1.81. The smallest absolute Gasteiger partial charge is 0.185 e. The summed E-state index contributed by atoms with van der Waals surface area (Å²) < 4.78 is 29.9. The number of nitriles is 1. The quantitative estimate of drug-likeness (QED) is 0.274. The molecule has 5 aromatic rings. The van der Waals surface area contributed by atoms with Gasteiger partial charge in [0.2, 0.25) is 0 Å². The number of aromatic nitrogens is 4. The SMILES string of the molecule is N#Cc1ccc(Cn2cnnc2CC(Cc2ccc(F)cc2F)C(=O)c2ccc3ccccc3n2)cc1. The Bertz CT molecular complexity index is 1620. The zero-order chi connectivity index (χ0) is 25.8. The number of carbonyl (C=O) groups excluding carboxylic acids is 1. The van der Waals surface area contributed by atoms with Crippen molar-refractivity contribution in [1.29, 1.82) is 5.26 Å². The summed E-state index contributed by atoms with van der Waals surface area (Å²) in [7, 11) is 0. The Morgan fingerprint density at radius 3 is 2.57 bits per heavy atom. The fraction of sp³-hybridized carbons (Fsp3) is 0.138. The number of hydrogen-bond acceptors (Lipinski definition) is 5. The van der Waals surface area contributed by atoms with Crippen molar-refractivity contribution in [2.75, 3.05) is 0 Å². The van der Waals surface area contributed by atoms with Crippen molar-refractivity contribution in [3.8, 4) is 6.07 Å². The van der Waals surface area contributed by atoms with Gasteiger partial charge < -0.3 is 4.57 Å². The molecule has 0 radical (unpaired) electrons. The second kappa shape index (κ2) is 10.5. The first kappa shape index (κ1) is 23.9. The van der Waals surface area contributed by atoms with Gasteiger partial charge in [-0.2, -0.15) is 5.26 Å². The fourth-order valence-electron chi connectivity index (χ4n) is 4.29. The number of carbonyl (C=O) groups is 1. The van der Waals surface area contributed by atoms with Crippen molar-refractivity contribution >= 4 is 16.7 Å². The number of para-hydroxylation sites is 1. The van der Waals surface area contributed by atoms with Crippen LogP contribution in [0.1, 0.15) is 33.0 Å². The summed E-state index contributed by atoms with van der Waals surface area (Å²) >= 11 is 0. The molecular formula is C29H21F2N5O. The van der Waals surface area contributed by atoms with Crippen LogP contribution in [0.4, 0.5) is 8.78 Å². The maximum atomic E-state index is 14.6. The molecular weight excluding hydrogens is 472 g/mol. The molecule has 0 fully saturated rings. The van der Waals surface area contributed by atoms with Crippen LogP contribution in [-0.4, -0.2) is 25.5 Å². The van der Waals surface area contributed by atoms with Crippen LogP contribution in [0.5, 0.6) is 0 Å². The molecule has 5 rings (SSSR count). The lowest BCUT2D eigenvalue weighted by molar-refractivity contribution is 0.0911. The van der Waals surface area contributed by atoms with E-state index in [4.69, 9.17) is 5.26 Å². The van der Waals surface area contributed by atoms with E-state index < -0.39 is 17.6 Å². The van der Waals surface area contributed by atoms with Crippen LogP contribution in [0.15, 0.2) is 85.2 Å². The Morgan fingerprint density at radius 1 is 0.973 bits per heavy atom. The number of ketones is 1. The van der Waals surface area contributed by atoms with E-state index >= 15 is 0 Å². The number of nitrogens with zero attached hydrogens (tertiary/aromatic N) is 5. The van der Waals surface area contributed by atoms with E-state index in [2.05, 4.69) is 21.3 Å². The van der Waals surface area contributed by atoms with Gasteiger partial charge in [0.05, 0.1) is 23.7 Å². The first-order valence-corrected chi connectivity index (χ1v) is 11.7. The Morgan fingerprint density at radius 2 is 1.78 bits per heavy atom. The van der Waals surface area contributed by atoms with E-state index in [1.54, 1.807) is 24.5 Å². The normalized spacial score (nSPS) is 11.8. The Balaban J connectivity index is 1.46.